The van der Waals surface area contributed by atoms with Crippen molar-refractivity contribution < 1.29 is 14.7 Å². The largest absolute Gasteiger partial charge is 0.481 e. The maximum absolute atomic E-state index is 11.9. The van der Waals surface area contributed by atoms with Gasteiger partial charge < -0.3 is 15.0 Å². The van der Waals surface area contributed by atoms with Crippen LogP contribution in [0.1, 0.15) is 23.0 Å². The van der Waals surface area contributed by atoms with E-state index in [2.05, 4.69) is 5.32 Å². The number of hydrogen-bond donors (Lipinski definition) is 2. The lowest BCUT2D eigenvalue weighted by molar-refractivity contribution is -0.137. The van der Waals surface area contributed by atoms with Crippen LogP contribution in [0.2, 0.25) is 0 Å². The summed E-state index contributed by atoms with van der Waals surface area (Å²) >= 11 is 0. The van der Waals surface area contributed by atoms with Gasteiger partial charge in [0.1, 0.15) is 5.69 Å². The zero-order valence-electron chi connectivity index (χ0n) is 10.7. The molecule has 1 aliphatic heterocycles. The summed E-state index contributed by atoms with van der Waals surface area (Å²) in [5, 5.41) is 11.7. The second kappa shape index (κ2) is 4.85. The maximum atomic E-state index is 11.9. The minimum absolute atomic E-state index is 0.00378. The van der Waals surface area contributed by atoms with Crippen molar-refractivity contribution in [3.8, 4) is 11.1 Å². The number of benzene rings is 1. The Hall–Kier alpha value is -2.56. The summed E-state index contributed by atoms with van der Waals surface area (Å²) in [7, 11) is 0. The number of nitrogens with one attached hydrogen (secondary N) is 1. The van der Waals surface area contributed by atoms with E-state index in [4.69, 9.17) is 5.11 Å². The fraction of sp³-hybridized carbons (Fsp3) is 0.200. The molecule has 5 heteroatoms. The average molecular weight is 270 g/mol. The summed E-state index contributed by atoms with van der Waals surface area (Å²) in [4.78, 5) is 22.8. The Bertz CT molecular complexity index is 661. The van der Waals surface area contributed by atoms with Crippen LogP contribution in [-0.4, -0.2) is 28.1 Å². The van der Waals surface area contributed by atoms with Crippen LogP contribution >= 0.6 is 0 Å². The van der Waals surface area contributed by atoms with Crippen molar-refractivity contribution in [1.29, 1.82) is 0 Å². The van der Waals surface area contributed by atoms with Crippen molar-refractivity contribution in [3.05, 3.63) is 48.3 Å². The van der Waals surface area contributed by atoms with E-state index in [0.717, 1.165) is 11.1 Å². The Balaban J connectivity index is 2.02. The molecule has 1 unspecified atom stereocenters. The maximum Gasteiger partial charge on any atom is 0.305 e. The Kier molecular flexibility index (Phi) is 3.02. The Morgan fingerprint density at radius 1 is 1.30 bits per heavy atom. The first kappa shape index (κ1) is 12.5. The Morgan fingerprint density at radius 2 is 2.05 bits per heavy atom. The molecule has 2 N–H and O–H groups in total. The third kappa shape index (κ3) is 2.18. The molecule has 0 fully saturated rings. The van der Waals surface area contributed by atoms with Crippen LogP contribution in [0.4, 0.5) is 0 Å². The molecule has 1 atom stereocenters. The molecular formula is C15H14N2O3. The summed E-state index contributed by atoms with van der Waals surface area (Å²) in [6, 6.07) is 11.3. The monoisotopic (exact) mass is 270 g/mol. The van der Waals surface area contributed by atoms with Gasteiger partial charge in [0, 0.05) is 18.3 Å². The zero-order chi connectivity index (χ0) is 14.1. The molecule has 0 saturated carbocycles. The highest BCUT2D eigenvalue weighted by molar-refractivity contribution is 5.95. The van der Waals surface area contributed by atoms with E-state index in [-0.39, 0.29) is 18.4 Å². The molecule has 0 radical (unpaired) electrons. The molecule has 0 bridgehead atoms. The van der Waals surface area contributed by atoms with E-state index < -0.39 is 5.97 Å². The number of carbonyl (C=O) groups is 2. The molecule has 2 heterocycles. The predicted octanol–water partition coefficient (Wildman–Crippen LogP) is 1.91. The van der Waals surface area contributed by atoms with Crippen LogP contribution in [0.25, 0.3) is 11.1 Å². The molecule has 1 amide bonds. The second-order valence-electron chi connectivity index (χ2n) is 4.85. The molecule has 2 aromatic rings. The number of hydrogen-bond acceptors (Lipinski definition) is 2. The van der Waals surface area contributed by atoms with Gasteiger partial charge in [-0.25, -0.2) is 0 Å². The number of fused-ring (bicyclic) bond motifs is 1. The first-order valence-corrected chi connectivity index (χ1v) is 6.42. The smallest absolute Gasteiger partial charge is 0.305 e. The van der Waals surface area contributed by atoms with Gasteiger partial charge in [0.15, 0.2) is 0 Å². The van der Waals surface area contributed by atoms with Gasteiger partial charge in [-0.2, -0.15) is 0 Å². The number of carbonyl (C=O) groups excluding carboxylic acids is 1. The number of nitrogens with zero attached hydrogens (tertiary/aromatic N) is 1. The van der Waals surface area contributed by atoms with E-state index in [9.17, 15) is 9.59 Å². The number of carboxylic acids is 1. The lowest BCUT2D eigenvalue weighted by atomic mass is 10.1. The lowest BCUT2D eigenvalue weighted by Gasteiger charge is -2.25. The summed E-state index contributed by atoms with van der Waals surface area (Å²) < 4.78 is 1.77. The fourth-order valence-corrected chi connectivity index (χ4v) is 2.52. The van der Waals surface area contributed by atoms with Crippen LogP contribution < -0.4 is 5.32 Å². The van der Waals surface area contributed by atoms with Gasteiger partial charge in [-0.1, -0.05) is 30.3 Å². The highest BCUT2D eigenvalue weighted by Gasteiger charge is 2.27. The molecule has 1 aromatic heterocycles. The van der Waals surface area contributed by atoms with E-state index in [1.54, 1.807) is 10.6 Å². The zero-order valence-corrected chi connectivity index (χ0v) is 10.7. The van der Waals surface area contributed by atoms with Crippen molar-refractivity contribution in [3.63, 3.8) is 0 Å². The number of amides is 1. The second-order valence-corrected chi connectivity index (χ2v) is 4.85. The van der Waals surface area contributed by atoms with E-state index >= 15 is 0 Å². The highest BCUT2D eigenvalue weighted by Crippen LogP contribution is 2.27. The van der Waals surface area contributed by atoms with Crippen LogP contribution in [0.5, 0.6) is 0 Å². The molecule has 20 heavy (non-hydrogen) atoms. The summed E-state index contributed by atoms with van der Waals surface area (Å²) in [6.45, 7) is 0.348. The number of carboxylic acid groups (broad SMARTS) is 1. The molecule has 1 aliphatic rings. The van der Waals surface area contributed by atoms with Gasteiger partial charge in [0.25, 0.3) is 5.91 Å². The first-order chi connectivity index (χ1) is 9.65. The van der Waals surface area contributed by atoms with Crippen molar-refractivity contribution in [2.24, 2.45) is 0 Å². The molecular weight excluding hydrogens is 256 g/mol. The van der Waals surface area contributed by atoms with Crippen LogP contribution in [0.15, 0.2) is 42.6 Å². The van der Waals surface area contributed by atoms with Crippen molar-refractivity contribution in [2.75, 3.05) is 6.54 Å². The SMILES string of the molecule is O=C(O)CC1CNC(=O)c2cc(-c3ccccc3)cn21. The Labute approximate surface area is 115 Å². The normalized spacial score (nSPS) is 17.4. The molecule has 5 nitrogen and oxygen atoms in total. The van der Waals surface area contributed by atoms with E-state index in [0.29, 0.717) is 12.2 Å². The molecule has 0 aliphatic carbocycles. The molecule has 1 aromatic carbocycles. The quantitative estimate of drug-likeness (QED) is 0.895. The van der Waals surface area contributed by atoms with Gasteiger partial charge in [0.05, 0.1) is 12.5 Å². The minimum Gasteiger partial charge on any atom is -0.481 e. The average Bonchev–Trinajstić information content (AvgIpc) is 2.89. The van der Waals surface area contributed by atoms with Gasteiger partial charge >= 0.3 is 5.97 Å². The van der Waals surface area contributed by atoms with Gasteiger partial charge in [0.2, 0.25) is 0 Å². The number of aromatic nitrogens is 1. The number of aliphatic carboxylic acids is 1. The molecule has 0 spiro atoms. The van der Waals surface area contributed by atoms with Crippen molar-refractivity contribution in [1.82, 2.24) is 9.88 Å². The minimum atomic E-state index is -0.868. The van der Waals surface area contributed by atoms with Crippen LogP contribution in [0, 0.1) is 0 Å². The predicted molar refractivity (Wildman–Crippen MR) is 73.5 cm³/mol. The van der Waals surface area contributed by atoms with Gasteiger partial charge in [-0.3, -0.25) is 9.59 Å². The van der Waals surface area contributed by atoms with Crippen molar-refractivity contribution >= 4 is 11.9 Å². The standard InChI is InChI=1S/C15H14N2O3/c18-14(19)7-12-8-16-15(20)13-6-11(9-17(12)13)10-4-2-1-3-5-10/h1-6,9,12H,7-8H2,(H,16,20)(H,18,19). The summed E-state index contributed by atoms with van der Waals surface area (Å²) in [5.41, 5.74) is 2.45. The molecule has 0 saturated heterocycles. The summed E-state index contributed by atoms with van der Waals surface area (Å²) in [6.07, 6.45) is 1.85. The Morgan fingerprint density at radius 3 is 2.75 bits per heavy atom. The van der Waals surface area contributed by atoms with Crippen molar-refractivity contribution in [2.45, 2.75) is 12.5 Å². The first-order valence-electron chi connectivity index (χ1n) is 6.42. The van der Waals surface area contributed by atoms with Crippen LogP contribution in [-0.2, 0) is 4.79 Å². The van der Waals surface area contributed by atoms with E-state index in [1.165, 1.54) is 0 Å². The van der Waals surface area contributed by atoms with Gasteiger partial charge in [-0.05, 0) is 11.6 Å². The third-order valence-corrected chi connectivity index (χ3v) is 3.49. The fourth-order valence-electron chi connectivity index (χ4n) is 2.52. The molecule has 102 valence electrons. The highest BCUT2D eigenvalue weighted by atomic mass is 16.4. The number of rotatable bonds is 3. The topological polar surface area (TPSA) is 71.3 Å². The summed E-state index contributed by atoms with van der Waals surface area (Å²) in [5.74, 6) is -1.03. The van der Waals surface area contributed by atoms with Crippen LogP contribution in [0.3, 0.4) is 0 Å². The lowest BCUT2D eigenvalue weighted by Crippen LogP contribution is -2.39. The van der Waals surface area contributed by atoms with Gasteiger partial charge in [-0.15, -0.1) is 0 Å². The molecule has 3 rings (SSSR count). The third-order valence-electron chi connectivity index (χ3n) is 3.49. The van der Waals surface area contributed by atoms with E-state index in [1.807, 2.05) is 36.5 Å².